The van der Waals surface area contributed by atoms with Gasteiger partial charge in [0.1, 0.15) is 5.58 Å². The number of hydrogen-bond acceptors (Lipinski definition) is 6. The summed E-state index contributed by atoms with van der Waals surface area (Å²) >= 11 is 0. The minimum absolute atomic E-state index is 0.0275. The molecule has 1 aromatic heterocycles. The quantitative estimate of drug-likeness (QED) is 0.794. The van der Waals surface area contributed by atoms with Gasteiger partial charge in [0.2, 0.25) is 0 Å². The van der Waals surface area contributed by atoms with E-state index in [-0.39, 0.29) is 13.0 Å². The number of nitrogens with one attached hydrogen (secondary N) is 1. The van der Waals surface area contributed by atoms with Crippen molar-refractivity contribution in [2.24, 2.45) is 0 Å². The third kappa shape index (κ3) is 4.84. The van der Waals surface area contributed by atoms with Crippen molar-refractivity contribution in [2.45, 2.75) is 40.0 Å². The van der Waals surface area contributed by atoms with Gasteiger partial charge in [0.05, 0.1) is 19.3 Å². The molecule has 1 N–H and O–H groups in total. The summed E-state index contributed by atoms with van der Waals surface area (Å²) in [4.78, 5) is 34.6. The Kier molecular flexibility index (Phi) is 6.38. The summed E-state index contributed by atoms with van der Waals surface area (Å²) < 4.78 is 15.0. The molecule has 0 fully saturated rings. The second-order valence-corrected chi connectivity index (χ2v) is 6.23. The maximum atomic E-state index is 12.0. The first kappa shape index (κ1) is 19.5. The van der Waals surface area contributed by atoms with Crippen LogP contribution in [0.3, 0.4) is 0 Å². The lowest BCUT2D eigenvalue weighted by molar-refractivity contribution is -0.147. The van der Waals surface area contributed by atoms with E-state index in [2.05, 4.69) is 18.6 Å². The molecule has 1 aromatic carbocycles. The molecule has 7 nitrogen and oxygen atoms in total. The number of fused-ring (bicyclic) bond motifs is 1. The van der Waals surface area contributed by atoms with Gasteiger partial charge in [-0.3, -0.25) is 14.9 Å². The van der Waals surface area contributed by atoms with E-state index in [4.69, 9.17) is 9.15 Å². The van der Waals surface area contributed by atoms with E-state index in [1.54, 1.807) is 6.92 Å². The predicted molar refractivity (Wildman–Crippen MR) is 94.9 cm³/mol. The van der Waals surface area contributed by atoms with E-state index in [0.29, 0.717) is 17.1 Å². The third-order valence-corrected chi connectivity index (χ3v) is 3.88. The molecule has 0 aliphatic heterocycles. The van der Waals surface area contributed by atoms with Crippen molar-refractivity contribution in [3.05, 3.63) is 35.1 Å². The molecule has 0 unspecified atom stereocenters. The number of furan rings is 1. The highest BCUT2D eigenvalue weighted by atomic mass is 16.6. The molecule has 0 radical (unpaired) electrons. The molecule has 0 saturated carbocycles. The number of aryl methyl sites for hydroxylation is 1. The molecule has 7 heteroatoms. The van der Waals surface area contributed by atoms with Crippen LogP contribution in [-0.2, 0) is 25.5 Å². The van der Waals surface area contributed by atoms with Crippen molar-refractivity contribution in [1.29, 1.82) is 0 Å². The van der Waals surface area contributed by atoms with Crippen LogP contribution in [0.15, 0.2) is 22.8 Å². The molecule has 0 aliphatic carbocycles. The summed E-state index contributed by atoms with van der Waals surface area (Å²) in [6.07, 6.45) is 0.625. The van der Waals surface area contributed by atoms with Crippen LogP contribution in [0, 0.1) is 6.92 Å². The van der Waals surface area contributed by atoms with Crippen molar-refractivity contribution < 1.29 is 28.3 Å². The fourth-order valence-corrected chi connectivity index (χ4v) is 2.67. The first-order valence-corrected chi connectivity index (χ1v) is 8.44. The number of esters is 1. The fourth-order valence-electron chi connectivity index (χ4n) is 2.67. The lowest BCUT2D eigenvalue weighted by Crippen LogP contribution is -2.34. The second kappa shape index (κ2) is 8.51. The van der Waals surface area contributed by atoms with Crippen LogP contribution >= 0.6 is 0 Å². The van der Waals surface area contributed by atoms with Crippen LogP contribution in [0.5, 0.6) is 0 Å². The van der Waals surface area contributed by atoms with Gasteiger partial charge in [-0.25, -0.2) is 4.79 Å². The number of amides is 2. The molecule has 140 valence electrons. The number of alkyl carbamates (subject to hydrolysis) is 1. The molecular formula is C19H23NO6. The maximum Gasteiger partial charge on any atom is 0.413 e. The van der Waals surface area contributed by atoms with Crippen LogP contribution in [0.2, 0.25) is 0 Å². The van der Waals surface area contributed by atoms with E-state index < -0.39 is 24.6 Å². The largest absolute Gasteiger partial charge is 0.464 e. The molecule has 0 bridgehead atoms. The molecule has 2 rings (SSSR count). The van der Waals surface area contributed by atoms with Crippen LogP contribution in [-0.4, -0.2) is 31.2 Å². The Morgan fingerprint density at radius 2 is 1.92 bits per heavy atom. The predicted octanol–water partition coefficient (Wildman–Crippen LogP) is 3.22. The molecule has 2 amide bonds. The topological polar surface area (TPSA) is 94.8 Å². The molecule has 26 heavy (non-hydrogen) atoms. The minimum atomic E-state index is -0.869. The van der Waals surface area contributed by atoms with Gasteiger partial charge in [0.25, 0.3) is 5.91 Å². The zero-order chi connectivity index (χ0) is 19.3. The van der Waals surface area contributed by atoms with Crippen molar-refractivity contribution >= 4 is 28.9 Å². The second-order valence-electron chi connectivity index (χ2n) is 6.23. The molecular weight excluding hydrogens is 338 g/mol. The fraction of sp³-hybridized carbons (Fsp3) is 0.421. The summed E-state index contributed by atoms with van der Waals surface area (Å²) in [7, 11) is 0. The number of carbonyl (C=O) groups excluding carboxylic acids is 3. The van der Waals surface area contributed by atoms with E-state index >= 15 is 0 Å². The zero-order valence-corrected chi connectivity index (χ0v) is 15.4. The standard InChI is InChI=1S/C19H23NO6/c1-5-24-19(23)20-17(21)10-26-18(22)7-13-9-25-16-6-12(4)14(11(2)3)8-15(13)16/h6,8-9,11H,5,7,10H2,1-4H3,(H,20,21,23). The first-order chi connectivity index (χ1) is 12.3. The van der Waals surface area contributed by atoms with Crippen molar-refractivity contribution in [3.8, 4) is 0 Å². The Bertz CT molecular complexity index is 821. The van der Waals surface area contributed by atoms with Gasteiger partial charge in [0.15, 0.2) is 6.61 Å². The Morgan fingerprint density at radius 3 is 2.58 bits per heavy atom. The highest BCUT2D eigenvalue weighted by Gasteiger charge is 2.16. The summed E-state index contributed by atoms with van der Waals surface area (Å²) in [6, 6.07) is 3.97. The maximum absolute atomic E-state index is 12.0. The van der Waals surface area contributed by atoms with Gasteiger partial charge in [-0.15, -0.1) is 0 Å². The van der Waals surface area contributed by atoms with Gasteiger partial charge in [-0.05, 0) is 43.0 Å². The molecule has 0 saturated heterocycles. The molecule has 0 atom stereocenters. The number of carbonyl (C=O) groups is 3. The summed E-state index contributed by atoms with van der Waals surface area (Å²) in [5.74, 6) is -0.981. The van der Waals surface area contributed by atoms with Crippen molar-refractivity contribution in [1.82, 2.24) is 5.32 Å². The van der Waals surface area contributed by atoms with Gasteiger partial charge < -0.3 is 13.9 Å². The number of hydrogen-bond donors (Lipinski definition) is 1. The molecule has 1 heterocycles. The Hall–Kier alpha value is -2.83. The van der Waals surface area contributed by atoms with E-state index in [0.717, 1.165) is 10.9 Å². The Morgan fingerprint density at radius 1 is 1.19 bits per heavy atom. The van der Waals surface area contributed by atoms with Gasteiger partial charge in [0, 0.05) is 10.9 Å². The summed E-state index contributed by atoms with van der Waals surface area (Å²) in [6.45, 7) is 7.43. The van der Waals surface area contributed by atoms with E-state index in [1.165, 1.54) is 11.8 Å². The van der Waals surface area contributed by atoms with Gasteiger partial charge in [-0.1, -0.05) is 13.8 Å². The van der Waals surface area contributed by atoms with Crippen molar-refractivity contribution in [2.75, 3.05) is 13.2 Å². The minimum Gasteiger partial charge on any atom is -0.464 e. The van der Waals surface area contributed by atoms with Crippen LogP contribution in [0.25, 0.3) is 11.0 Å². The number of benzene rings is 1. The molecule has 0 aliphatic rings. The number of rotatable bonds is 6. The average Bonchev–Trinajstić information content (AvgIpc) is 2.93. The normalized spacial score (nSPS) is 10.8. The zero-order valence-electron chi connectivity index (χ0n) is 15.4. The first-order valence-electron chi connectivity index (χ1n) is 8.44. The summed E-state index contributed by atoms with van der Waals surface area (Å²) in [5, 5.41) is 2.81. The smallest absolute Gasteiger partial charge is 0.413 e. The van der Waals surface area contributed by atoms with Crippen LogP contribution in [0.1, 0.15) is 43.4 Å². The van der Waals surface area contributed by atoms with Crippen LogP contribution < -0.4 is 5.32 Å². The molecule has 0 spiro atoms. The van der Waals surface area contributed by atoms with E-state index in [9.17, 15) is 14.4 Å². The SMILES string of the molecule is CCOC(=O)NC(=O)COC(=O)Cc1coc2cc(C)c(C(C)C)cc12. The van der Waals surface area contributed by atoms with Gasteiger partial charge in [-0.2, -0.15) is 0 Å². The lowest BCUT2D eigenvalue weighted by atomic mass is 9.95. The number of imide groups is 1. The number of ether oxygens (including phenoxy) is 2. The van der Waals surface area contributed by atoms with Crippen LogP contribution in [0.4, 0.5) is 4.79 Å². The molecule has 2 aromatic rings. The Balaban J connectivity index is 2.00. The monoisotopic (exact) mass is 361 g/mol. The average molecular weight is 361 g/mol. The Labute approximate surface area is 151 Å². The van der Waals surface area contributed by atoms with Crippen molar-refractivity contribution in [3.63, 3.8) is 0 Å². The lowest BCUT2D eigenvalue weighted by Gasteiger charge is -2.10. The van der Waals surface area contributed by atoms with Gasteiger partial charge >= 0.3 is 12.1 Å². The van der Waals surface area contributed by atoms with E-state index in [1.807, 2.05) is 24.4 Å². The summed E-state index contributed by atoms with van der Waals surface area (Å²) in [5.41, 5.74) is 3.71. The highest BCUT2D eigenvalue weighted by Crippen LogP contribution is 2.29. The highest BCUT2D eigenvalue weighted by molar-refractivity contribution is 5.93. The third-order valence-electron chi connectivity index (χ3n) is 3.88.